The van der Waals surface area contributed by atoms with Gasteiger partial charge in [0.15, 0.2) is 5.82 Å². The molecular formula is C19H25N5O3. The van der Waals surface area contributed by atoms with Gasteiger partial charge in [0.25, 0.3) is 0 Å². The fraction of sp³-hybridized carbons (Fsp3) is 0.421. The zero-order valence-electron chi connectivity index (χ0n) is 16.2. The number of carbonyl (C=O) groups is 1. The molecule has 0 radical (unpaired) electrons. The average Bonchev–Trinajstić information content (AvgIpc) is 3.19. The van der Waals surface area contributed by atoms with Crippen LogP contribution in [0.15, 0.2) is 28.8 Å². The quantitative estimate of drug-likeness (QED) is 0.690. The van der Waals surface area contributed by atoms with Gasteiger partial charge in [0.1, 0.15) is 0 Å². The van der Waals surface area contributed by atoms with Crippen molar-refractivity contribution < 1.29 is 14.1 Å². The minimum absolute atomic E-state index is 0.176. The van der Waals surface area contributed by atoms with E-state index in [1.54, 1.807) is 26.0 Å². The third-order valence-corrected chi connectivity index (χ3v) is 4.47. The number of nitrogens with zero attached hydrogens (tertiary/aromatic N) is 4. The lowest BCUT2D eigenvalue weighted by molar-refractivity contribution is 0.188. The summed E-state index contributed by atoms with van der Waals surface area (Å²) in [4.78, 5) is 18.2. The Morgan fingerprint density at radius 3 is 2.85 bits per heavy atom. The standard InChI is InChI=1S/C19H25N5O3/c1-13-11-15-12-16(5-6-17(15)24(13)9-10-26-4)21-19(25)23(3)8-7-18-20-14(2)27-22-18/h5-6,11-12H,7-10H2,1-4H3,(H,21,25). The lowest BCUT2D eigenvalue weighted by Crippen LogP contribution is -2.33. The van der Waals surface area contributed by atoms with Crippen LogP contribution in [0.1, 0.15) is 17.4 Å². The maximum Gasteiger partial charge on any atom is 0.321 e. The number of nitrogens with one attached hydrogen (secondary N) is 1. The average molecular weight is 371 g/mol. The summed E-state index contributed by atoms with van der Waals surface area (Å²) < 4.78 is 12.3. The lowest BCUT2D eigenvalue weighted by atomic mass is 10.2. The molecule has 2 heterocycles. The number of hydrogen-bond donors (Lipinski definition) is 1. The summed E-state index contributed by atoms with van der Waals surface area (Å²) in [7, 11) is 3.44. The predicted octanol–water partition coefficient (Wildman–Crippen LogP) is 2.99. The van der Waals surface area contributed by atoms with Crippen molar-refractivity contribution in [2.45, 2.75) is 26.8 Å². The van der Waals surface area contributed by atoms with Crippen LogP contribution in [-0.4, -0.2) is 52.9 Å². The van der Waals surface area contributed by atoms with Gasteiger partial charge >= 0.3 is 6.03 Å². The van der Waals surface area contributed by atoms with Crippen molar-refractivity contribution in [3.8, 4) is 0 Å². The van der Waals surface area contributed by atoms with Gasteiger partial charge in [0.05, 0.1) is 6.61 Å². The van der Waals surface area contributed by atoms with E-state index >= 15 is 0 Å². The van der Waals surface area contributed by atoms with Gasteiger partial charge in [0.2, 0.25) is 5.89 Å². The normalized spacial score (nSPS) is 11.1. The summed E-state index contributed by atoms with van der Waals surface area (Å²) in [5, 5.41) is 7.87. The first-order valence-corrected chi connectivity index (χ1v) is 8.88. The number of urea groups is 1. The third-order valence-electron chi connectivity index (χ3n) is 4.47. The molecule has 1 N–H and O–H groups in total. The van der Waals surface area contributed by atoms with Crippen molar-refractivity contribution in [3.63, 3.8) is 0 Å². The van der Waals surface area contributed by atoms with Gasteiger partial charge in [-0.05, 0) is 31.2 Å². The second-order valence-corrected chi connectivity index (χ2v) is 6.54. The minimum atomic E-state index is -0.176. The monoisotopic (exact) mass is 371 g/mol. The highest BCUT2D eigenvalue weighted by atomic mass is 16.5. The summed E-state index contributed by atoms with van der Waals surface area (Å²) in [6.07, 6.45) is 0.543. The highest BCUT2D eigenvalue weighted by Gasteiger charge is 2.12. The predicted molar refractivity (Wildman–Crippen MR) is 103 cm³/mol. The smallest absolute Gasteiger partial charge is 0.321 e. The van der Waals surface area contributed by atoms with Gasteiger partial charge in [-0.2, -0.15) is 4.98 Å². The first kappa shape index (κ1) is 18.9. The number of anilines is 1. The molecule has 3 aromatic rings. The molecule has 0 spiro atoms. The van der Waals surface area contributed by atoms with Gasteiger partial charge in [-0.1, -0.05) is 5.16 Å². The highest BCUT2D eigenvalue weighted by Crippen LogP contribution is 2.23. The summed E-state index contributed by atoms with van der Waals surface area (Å²) >= 11 is 0. The number of rotatable bonds is 7. The van der Waals surface area contributed by atoms with Crippen LogP contribution in [0.4, 0.5) is 10.5 Å². The molecule has 144 valence electrons. The van der Waals surface area contributed by atoms with E-state index in [9.17, 15) is 4.79 Å². The lowest BCUT2D eigenvalue weighted by Gasteiger charge is -2.17. The first-order valence-electron chi connectivity index (χ1n) is 8.88. The second-order valence-electron chi connectivity index (χ2n) is 6.54. The van der Waals surface area contributed by atoms with Gasteiger partial charge in [-0.15, -0.1) is 0 Å². The number of ether oxygens (including phenoxy) is 1. The van der Waals surface area contributed by atoms with Crippen molar-refractivity contribution in [1.29, 1.82) is 0 Å². The Hall–Kier alpha value is -2.87. The van der Waals surface area contributed by atoms with E-state index in [1.807, 2.05) is 18.2 Å². The molecule has 2 aromatic heterocycles. The number of fused-ring (bicyclic) bond motifs is 1. The van der Waals surface area contributed by atoms with E-state index in [1.165, 1.54) is 0 Å². The molecule has 8 nitrogen and oxygen atoms in total. The van der Waals surface area contributed by atoms with E-state index in [0.717, 1.165) is 28.8 Å². The molecular weight excluding hydrogens is 346 g/mol. The molecule has 1 aromatic carbocycles. The van der Waals surface area contributed by atoms with Crippen LogP contribution >= 0.6 is 0 Å². The molecule has 27 heavy (non-hydrogen) atoms. The van der Waals surface area contributed by atoms with Crippen molar-refractivity contribution in [2.24, 2.45) is 0 Å². The maximum absolute atomic E-state index is 12.4. The first-order chi connectivity index (χ1) is 13.0. The fourth-order valence-corrected chi connectivity index (χ4v) is 3.00. The number of hydrogen-bond acceptors (Lipinski definition) is 5. The Balaban J connectivity index is 1.63. The van der Waals surface area contributed by atoms with Crippen molar-refractivity contribution >= 4 is 22.6 Å². The van der Waals surface area contributed by atoms with Crippen molar-refractivity contribution in [2.75, 3.05) is 32.6 Å². The highest BCUT2D eigenvalue weighted by molar-refractivity contribution is 5.93. The summed E-state index contributed by atoms with van der Waals surface area (Å²) in [6, 6.07) is 7.86. The SMILES string of the molecule is COCCn1c(C)cc2cc(NC(=O)N(C)CCc3noc(C)n3)ccc21. The maximum atomic E-state index is 12.4. The molecule has 2 amide bonds. The van der Waals surface area contributed by atoms with Gasteiger partial charge in [0, 0.05) is 62.9 Å². The molecule has 8 heteroatoms. The zero-order valence-corrected chi connectivity index (χ0v) is 16.2. The summed E-state index contributed by atoms with van der Waals surface area (Å²) in [5.41, 5.74) is 3.06. The van der Waals surface area contributed by atoms with Crippen LogP contribution in [0.5, 0.6) is 0 Å². The Labute approximate surface area is 158 Å². The second kappa shape index (κ2) is 8.22. The number of likely N-dealkylation sites (N-methyl/N-ethyl adjacent to an activating group) is 1. The van der Waals surface area contributed by atoms with Crippen molar-refractivity contribution in [3.05, 3.63) is 41.7 Å². The Morgan fingerprint density at radius 1 is 1.33 bits per heavy atom. The summed E-state index contributed by atoms with van der Waals surface area (Å²) in [6.45, 7) is 5.78. The largest absolute Gasteiger partial charge is 0.383 e. The number of amides is 2. The van der Waals surface area contributed by atoms with E-state index in [0.29, 0.717) is 31.3 Å². The number of aryl methyl sites for hydroxylation is 2. The molecule has 0 fully saturated rings. The van der Waals surface area contributed by atoms with Crippen LogP contribution in [0.3, 0.4) is 0 Å². The van der Waals surface area contributed by atoms with E-state index in [2.05, 4.69) is 33.0 Å². The van der Waals surface area contributed by atoms with Crippen LogP contribution in [0.25, 0.3) is 10.9 Å². The molecule has 3 rings (SSSR count). The molecule has 0 saturated heterocycles. The van der Waals surface area contributed by atoms with Crippen LogP contribution < -0.4 is 5.32 Å². The number of benzene rings is 1. The minimum Gasteiger partial charge on any atom is -0.383 e. The van der Waals surface area contributed by atoms with E-state index in [-0.39, 0.29) is 6.03 Å². The molecule has 0 aliphatic carbocycles. The zero-order chi connectivity index (χ0) is 19.4. The van der Waals surface area contributed by atoms with Gasteiger partial charge in [-0.25, -0.2) is 4.79 Å². The molecule has 0 bridgehead atoms. The third kappa shape index (κ3) is 4.46. The number of carbonyl (C=O) groups excluding carboxylic acids is 1. The van der Waals surface area contributed by atoms with Crippen molar-refractivity contribution in [1.82, 2.24) is 19.6 Å². The fourth-order valence-electron chi connectivity index (χ4n) is 3.00. The molecule has 0 atom stereocenters. The van der Waals surface area contributed by atoms with Crippen LogP contribution in [0, 0.1) is 13.8 Å². The number of methoxy groups -OCH3 is 1. The Morgan fingerprint density at radius 2 is 2.15 bits per heavy atom. The molecule has 0 aliphatic rings. The number of aromatic nitrogens is 3. The summed E-state index contributed by atoms with van der Waals surface area (Å²) in [5.74, 6) is 1.12. The van der Waals surface area contributed by atoms with E-state index < -0.39 is 0 Å². The molecule has 0 saturated carbocycles. The van der Waals surface area contributed by atoms with E-state index in [4.69, 9.17) is 9.26 Å². The van der Waals surface area contributed by atoms with Crippen LogP contribution in [0.2, 0.25) is 0 Å². The van der Waals surface area contributed by atoms with Crippen LogP contribution in [-0.2, 0) is 17.7 Å². The Bertz CT molecular complexity index is 931. The van der Waals surface area contributed by atoms with Gasteiger partial charge < -0.3 is 24.0 Å². The molecule has 0 unspecified atom stereocenters. The topological polar surface area (TPSA) is 85.4 Å². The van der Waals surface area contributed by atoms with Gasteiger partial charge in [-0.3, -0.25) is 0 Å². The molecule has 0 aliphatic heterocycles. The Kier molecular flexibility index (Phi) is 5.75.